The average Bonchev–Trinajstić information content (AvgIpc) is 2.46. The Morgan fingerprint density at radius 1 is 1.39 bits per heavy atom. The second-order valence-corrected chi connectivity index (χ2v) is 7.77. The van der Waals surface area contributed by atoms with Crippen LogP contribution >= 0.6 is 11.6 Å². The van der Waals surface area contributed by atoms with Gasteiger partial charge in [0.15, 0.2) is 0 Å². The van der Waals surface area contributed by atoms with Gasteiger partial charge in [-0.3, -0.25) is 0 Å². The molecule has 23 heavy (non-hydrogen) atoms. The lowest BCUT2D eigenvalue weighted by Gasteiger charge is -2.29. The maximum atomic E-state index is 13.1. The van der Waals surface area contributed by atoms with E-state index in [1.54, 1.807) is 6.92 Å². The van der Waals surface area contributed by atoms with Crippen LogP contribution in [0.4, 0.5) is 13.2 Å². The SMILES string of the molecule is CC(NS(=O)(=O)c1ccc(Cl)cc1C(F)(F)F)C1CCCNC1. The lowest BCUT2D eigenvalue weighted by Crippen LogP contribution is -2.44. The van der Waals surface area contributed by atoms with Gasteiger partial charge in [-0.1, -0.05) is 11.6 Å². The first-order valence-corrected chi connectivity index (χ1v) is 9.07. The van der Waals surface area contributed by atoms with E-state index >= 15 is 0 Å². The molecule has 1 aliphatic heterocycles. The molecule has 9 heteroatoms. The van der Waals surface area contributed by atoms with E-state index in [2.05, 4.69) is 10.0 Å². The molecular formula is C14H18ClF3N2O2S. The van der Waals surface area contributed by atoms with Gasteiger partial charge >= 0.3 is 6.18 Å². The van der Waals surface area contributed by atoms with E-state index in [1.165, 1.54) is 0 Å². The number of alkyl halides is 3. The molecule has 1 aromatic carbocycles. The first kappa shape index (κ1) is 18.5. The average molecular weight is 371 g/mol. The van der Waals surface area contributed by atoms with Crippen LogP contribution in [0.1, 0.15) is 25.3 Å². The van der Waals surface area contributed by atoms with Gasteiger partial charge in [-0.25, -0.2) is 13.1 Å². The number of halogens is 4. The Bertz CT molecular complexity index is 658. The van der Waals surface area contributed by atoms with Crippen molar-refractivity contribution in [2.45, 2.75) is 36.9 Å². The fourth-order valence-corrected chi connectivity index (χ4v) is 4.36. The topological polar surface area (TPSA) is 58.2 Å². The summed E-state index contributed by atoms with van der Waals surface area (Å²) in [5, 5.41) is 2.99. The van der Waals surface area contributed by atoms with Gasteiger partial charge in [0.1, 0.15) is 0 Å². The highest BCUT2D eigenvalue weighted by molar-refractivity contribution is 7.89. The predicted octanol–water partition coefficient (Wildman–Crippen LogP) is 3.03. The molecule has 2 N–H and O–H groups in total. The maximum absolute atomic E-state index is 13.1. The zero-order chi connectivity index (χ0) is 17.3. The summed E-state index contributed by atoms with van der Waals surface area (Å²) in [6.45, 7) is 3.17. The minimum absolute atomic E-state index is 0.0418. The molecule has 1 fully saturated rings. The summed E-state index contributed by atoms with van der Waals surface area (Å²) in [5.74, 6) is 0.0418. The second kappa shape index (κ2) is 6.96. The molecule has 0 aromatic heterocycles. The van der Waals surface area contributed by atoms with Crippen LogP contribution in [0.3, 0.4) is 0 Å². The highest BCUT2D eigenvalue weighted by atomic mass is 35.5. The minimum Gasteiger partial charge on any atom is -0.316 e. The zero-order valence-corrected chi connectivity index (χ0v) is 14.0. The number of hydrogen-bond donors (Lipinski definition) is 2. The van der Waals surface area contributed by atoms with Crippen LogP contribution in [0.25, 0.3) is 0 Å². The smallest absolute Gasteiger partial charge is 0.316 e. The Morgan fingerprint density at radius 2 is 2.09 bits per heavy atom. The van der Waals surface area contributed by atoms with Crippen LogP contribution in [-0.4, -0.2) is 27.5 Å². The van der Waals surface area contributed by atoms with Crippen LogP contribution in [-0.2, 0) is 16.2 Å². The van der Waals surface area contributed by atoms with Crippen LogP contribution in [0, 0.1) is 5.92 Å². The van der Waals surface area contributed by atoms with Gasteiger partial charge < -0.3 is 5.32 Å². The van der Waals surface area contributed by atoms with E-state index in [1.807, 2.05) is 0 Å². The molecule has 1 saturated heterocycles. The fourth-order valence-electron chi connectivity index (χ4n) is 2.67. The molecule has 0 amide bonds. The summed E-state index contributed by atoms with van der Waals surface area (Å²) < 4.78 is 66.4. The number of piperidine rings is 1. The number of nitrogens with one attached hydrogen (secondary N) is 2. The molecule has 0 bridgehead atoms. The van der Waals surface area contributed by atoms with Gasteiger partial charge in [0.2, 0.25) is 10.0 Å². The minimum atomic E-state index is -4.80. The van der Waals surface area contributed by atoms with Crippen LogP contribution in [0.2, 0.25) is 5.02 Å². The number of rotatable bonds is 4. The molecule has 4 nitrogen and oxygen atoms in total. The van der Waals surface area contributed by atoms with Gasteiger partial charge in [0.05, 0.1) is 10.5 Å². The summed E-state index contributed by atoms with van der Waals surface area (Å²) in [7, 11) is -4.30. The first-order chi connectivity index (χ1) is 10.6. The van der Waals surface area contributed by atoms with Crippen molar-refractivity contribution >= 4 is 21.6 Å². The molecular weight excluding hydrogens is 353 g/mol. The molecule has 1 heterocycles. The highest BCUT2D eigenvalue weighted by Crippen LogP contribution is 2.36. The third-order valence-electron chi connectivity index (χ3n) is 3.92. The van der Waals surface area contributed by atoms with Crippen molar-refractivity contribution in [2.24, 2.45) is 5.92 Å². The number of benzene rings is 1. The van der Waals surface area contributed by atoms with Gasteiger partial charge in [-0.15, -0.1) is 0 Å². The van der Waals surface area contributed by atoms with E-state index in [0.717, 1.165) is 31.5 Å². The van der Waals surface area contributed by atoms with Crippen molar-refractivity contribution in [2.75, 3.05) is 13.1 Å². The lowest BCUT2D eigenvalue weighted by atomic mass is 9.94. The summed E-state index contributed by atoms with van der Waals surface area (Å²) in [5.41, 5.74) is -1.26. The monoisotopic (exact) mass is 370 g/mol. The third-order valence-corrected chi connectivity index (χ3v) is 5.77. The normalized spacial score (nSPS) is 21.2. The molecule has 2 atom stereocenters. The van der Waals surface area contributed by atoms with E-state index in [0.29, 0.717) is 12.6 Å². The molecule has 0 saturated carbocycles. The molecule has 2 rings (SSSR count). The molecule has 0 radical (unpaired) electrons. The Morgan fingerprint density at radius 3 is 2.65 bits per heavy atom. The molecule has 0 aliphatic carbocycles. The number of sulfonamides is 1. The van der Waals surface area contributed by atoms with Crippen molar-refractivity contribution < 1.29 is 21.6 Å². The standard InChI is InChI=1S/C14H18ClF3N2O2S/c1-9(10-3-2-6-19-8-10)20-23(21,22)13-5-4-11(15)7-12(13)14(16,17)18/h4-5,7,9-10,19-20H,2-3,6,8H2,1H3. The van der Waals surface area contributed by atoms with Crippen molar-refractivity contribution in [1.29, 1.82) is 0 Å². The summed E-state index contributed by atoms with van der Waals surface area (Å²) in [6.07, 6.45) is -3.07. The van der Waals surface area contributed by atoms with Crippen LogP contribution in [0.5, 0.6) is 0 Å². The van der Waals surface area contributed by atoms with Gasteiger partial charge in [0.25, 0.3) is 0 Å². The molecule has 130 valence electrons. The van der Waals surface area contributed by atoms with E-state index in [-0.39, 0.29) is 10.9 Å². The van der Waals surface area contributed by atoms with Gasteiger partial charge in [0, 0.05) is 11.1 Å². The number of hydrogen-bond acceptors (Lipinski definition) is 3. The van der Waals surface area contributed by atoms with Crippen molar-refractivity contribution in [1.82, 2.24) is 10.0 Å². The zero-order valence-electron chi connectivity index (χ0n) is 12.5. The summed E-state index contributed by atoms with van der Waals surface area (Å²) in [6, 6.07) is 2.19. The molecule has 1 aromatic rings. The third kappa shape index (κ3) is 4.59. The van der Waals surface area contributed by atoms with Gasteiger partial charge in [-0.05, 0) is 57.0 Å². The summed E-state index contributed by atoms with van der Waals surface area (Å²) >= 11 is 5.58. The lowest BCUT2D eigenvalue weighted by molar-refractivity contribution is -0.139. The predicted molar refractivity (Wildman–Crippen MR) is 81.8 cm³/mol. The Labute approximate surface area is 138 Å². The van der Waals surface area contributed by atoms with Crippen molar-refractivity contribution in [3.05, 3.63) is 28.8 Å². The summed E-state index contributed by atoms with van der Waals surface area (Å²) in [4.78, 5) is -0.801. The Balaban J connectivity index is 2.29. The second-order valence-electron chi connectivity index (χ2n) is 5.65. The van der Waals surface area contributed by atoms with Crippen LogP contribution < -0.4 is 10.0 Å². The van der Waals surface area contributed by atoms with E-state index in [9.17, 15) is 21.6 Å². The fraction of sp³-hybridized carbons (Fsp3) is 0.571. The van der Waals surface area contributed by atoms with Crippen LogP contribution in [0.15, 0.2) is 23.1 Å². The van der Waals surface area contributed by atoms with E-state index < -0.39 is 32.7 Å². The quantitative estimate of drug-likeness (QED) is 0.856. The largest absolute Gasteiger partial charge is 0.417 e. The Hall–Kier alpha value is -0.830. The van der Waals surface area contributed by atoms with Crippen molar-refractivity contribution in [3.8, 4) is 0 Å². The highest BCUT2D eigenvalue weighted by Gasteiger charge is 2.38. The molecule has 0 spiro atoms. The maximum Gasteiger partial charge on any atom is 0.417 e. The molecule has 1 aliphatic rings. The molecule has 2 unspecified atom stereocenters. The Kier molecular flexibility index (Phi) is 5.60. The first-order valence-electron chi connectivity index (χ1n) is 7.21. The van der Waals surface area contributed by atoms with E-state index in [4.69, 9.17) is 11.6 Å². The van der Waals surface area contributed by atoms with Crippen molar-refractivity contribution in [3.63, 3.8) is 0 Å². The van der Waals surface area contributed by atoms with Gasteiger partial charge in [-0.2, -0.15) is 13.2 Å².